The maximum absolute atomic E-state index is 6.32. The Morgan fingerprint density at radius 2 is 1.00 bits per heavy atom. The predicted octanol–water partition coefficient (Wildman–Crippen LogP) is 14.2. The Morgan fingerprint density at radius 3 is 1.80 bits per heavy atom. The maximum atomic E-state index is 6.32. The van der Waals surface area contributed by atoms with Crippen LogP contribution >= 0.6 is 0 Å². The number of benzene rings is 9. The Hall–Kier alpha value is -8.02. The monoisotopic (exact) mass is 752 g/mol. The van der Waals surface area contributed by atoms with Crippen molar-refractivity contribution in [3.8, 4) is 34.0 Å². The molecule has 0 unspecified atom stereocenters. The molecule has 9 aromatic carbocycles. The first-order valence-corrected chi connectivity index (χ1v) is 20.0. The van der Waals surface area contributed by atoms with Crippen molar-refractivity contribution in [3.05, 3.63) is 194 Å². The molecule has 0 amide bonds. The van der Waals surface area contributed by atoms with Crippen molar-refractivity contribution >= 4 is 87.2 Å². The third kappa shape index (κ3) is 4.61. The van der Waals surface area contributed by atoms with Crippen LogP contribution in [0.1, 0.15) is 0 Å². The minimum Gasteiger partial charge on any atom is -0.456 e. The molecule has 5 nitrogen and oxygen atoms in total. The highest BCUT2D eigenvalue weighted by Gasteiger charge is 2.23. The summed E-state index contributed by atoms with van der Waals surface area (Å²) in [6, 6.07) is 68.9. The zero-order valence-corrected chi connectivity index (χ0v) is 31.7. The highest BCUT2D eigenvalue weighted by molar-refractivity contribution is 6.22. The summed E-state index contributed by atoms with van der Waals surface area (Å²) in [5.41, 5.74) is 12.3. The van der Waals surface area contributed by atoms with E-state index in [-0.39, 0.29) is 0 Å². The van der Waals surface area contributed by atoms with Gasteiger partial charge in [0.15, 0.2) is 5.82 Å². The molecule has 274 valence electrons. The SMILES string of the molecule is c1cc(-c2nc(-c3cccc4oc5ccccc5c34)c3ccccc3n2)cc(-n2c3ccccc3c3c(-n4c5ccccc5c5ccccc54)c4ccccc4cc32)c1. The van der Waals surface area contributed by atoms with Gasteiger partial charge in [0.05, 0.1) is 39.0 Å². The first-order chi connectivity index (χ1) is 29.3. The van der Waals surface area contributed by atoms with Gasteiger partial charge in [0.1, 0.15) is 11.2 Å². The molecule has 0 N–H and O–H groups in total. The van der Waals surface area contributed by atoms with Crippen LogP contribution in [0, 0.1) is 0 Å². The van der Waals surface area contributed by atoms with Crippen molar-refractivity contribution in [2.45, 2.75) is 0 Å². The number of fused-ring (bicyclic) bond motifs is 11. The van der Waals surface area contributed by atoms with Crippen molar-refractivity contribution in [2.75, 3.05) is 0 Å². The van der Waals surface area contributed by atoms with E-state index in [1.807, 2.05) is 24.3 Å². The number of furan rings is 1. The molecule has 4 aromatic heterocycles. The molecule has 4 heterocycles. The highest BCUT2D eigenvalue weighted by Crippen LogP contribution is 2.44. The Labute approximate surface area is 337 Å². The van der Waals surface area contributed by atoms with Gasteiger partial charge in [-0.2, -0.15) is 0 Å². The predicted molar refractivity (Wildman–Crippen MR) is 244 cm³/mol. The fourth-order valence-electron chi connectivity index (χ4n) is 9.61. The summed E-state index contributed by atoms with van der Waals surface area (Å²) in [6.45, 7) is 0. The molecule has 0 aliphatic rings. The molecule has 0 spiro atoms. The lowest BCUT2D eigenvalue weighted by molar-refractivity contribution is 0.669. The summed E-state index contributed by atoms with van der Waals surface area (Å²) < 4.78 is 11.2. The van der Waals surface area contributed by atoms with Gasteiger partial charge < -0.3 is 13.6 Å². The molecule has 0 bridgehead atoms. The van der Waals surface area contributed by atoms with Gasteiger partial charge in [0.25, 0.3) is 0 Å². The molecule has 0 saturated carbocycles. The molecular formula is C54H32N4O. The fraction of sp³-hybridized carbons (Fsp3) is 0. The van der Waals surface area contributed by atoms with Crippen molar-refractivity contribution in [1.29, 1.82) is 0 Å². The van der Waals surface area contributed by atoms with Crippen LogP contribution in [0.25, 0.3) is 121 Å². The topological polar surface area (TPSA) is 48.8 Å². The van der Waals surface area contributed by atoms with Gasteiger partial charge in [-0.3, -0.25) is 0 Å². The van der Waals surface area contributed by atoms with E-state index in [1.165, 1.54) is 49.0 Å². The van der Waals surface area contributed by atoms with E-state index in [4.69, 9.17) is 14.4 Å². The standard InChI is InChI=1S/C54H32N4O/c1-2-18-36-33(15-1)32-47-51(53(36)58-44-26-9-4-19-37(44)38-20-5-10-27-45(38)58)40-22-6-11-28-46(40)57(47)35-17-13-16-34(31-35)54-55-43-25-8-3-21-39(43)52(56-54)42-24-14-30-49-50(42)41-23-7-12-29-48(41)59-49/h1-32H. The molecule has 0 aliphatic heterocycles. The summed E-state index contributed by atoms with van der Waals surface area (Å²) in [4.78, 5) is 10.6. The fourth-order valence-corrected chi connectivity index (χ4v) is 9.61. The first kappa shape index (κ1) is 32.1. The molecule has 0 radical (unpaired) electrons. The molecule has 13 aromatic rings. The average Bonchev–Trinajstić information content (AvgIpc) is 3.96. The van der Waals surface area contributed by atoms with E-state index < -0.39 is 0 Å². The van der Waals surface area contributed by atoms with Crippen LogP contribution in [0.2, 0.25) is 0 Å². The molecule has 5 heteroatoms. The van der Waals surface area contributed by atoms with Crippen LogP contribution in [0.4, 0.5) is 0 Å². The van der Waals surface area contributed by atoms with Crippen LogP contribution < -0.4 is 0 Å². The van der Waals surface area contributed by atoms with Gasteiger partial charge in [0, 0.05) is 59.9 Å². The van der Waals surface area contributed by atoms with Gasteiger partial charge >= 0.3 is 0 Å². The lowest BCUT2D eigenvalue weighted by Crippen LogP contribution is -1.99. The van der Waals surface area contributed by atoms with Gasteiger partial charge in [-0.05, 0) is 60.0 Å². The van der Waals surface area contributed by atoms with E-state index in [2.05, 4.69) is 179 Å². The molecule has 0 saturated heterocycles. The Bertz CT molecular complexity index is 3810. The third-order valence-electron chi connectivity index (χ3n) is 12.1. The van der Waals surface area contributed by atoms with Crippen molar-refractivity contribution in [2.24, 2.45) is 0 Å². The smallest absolute Gasteiger partial charge is 0.160 e. The number of nitrogens with zero attached hydrogens (tertiary/aromatic N) is 4. The van der Waals surface area contributed by atoms with Crippen LogP contribution in [0.15, 0.2) is 199 Å². The first-order valence-electron chi connectivity index (χ1n) is 20.0. The zero-order valence-electron chi connectivity index (χ0n) is 31.7. The molecule has 0 fully saturated rings. The summed E-state index contributed by atoms with van der Waals surface area (Å²) in [7, 11) is 0. The zero-order chi connectivity index (χ0) is 38.6. The largest absolute Gasteiger partial charge is 0.456 e. The van der Waals surface area contributed by atoms with E-state index in [9.17, 15) is 0 Å². The second kappa shape index (κ2) is 12.2. The lowest BCUT2D eigenvalue weighted by Gasteiger charge is -2.15. The highest BCUT2D eigenvalue weighted by atomic mass is 16.3. The summed E-state index contributed by atoms with van der Waals surface area (Å²) in [5, 5.41) is 10.4. The number of para-hydroxylation sites is 5. The van der Waals surface area contributed by atoms with E-state index in [0.717, 1.165) is 66.4 Å². The van der Waals surface area contributed by atoms with Gasteiger partial charge in [-0.25, -0.2) is 9.97 Å². The van der Waals surface area contributed by atoms with E-state index in [0.29, 0.717) is 5.82 Å². The quantitative estimate of drug-likeness (QED) is 0.180. The van der Waals surface area contributed by atoms with E-state index >= 15 is 0 Å². The number of hydrogen-bond donors (Lipinski definition) is 0. The van der Waals surface area contributed by atoms with E-state index in [1.54, 1.807) is 0 Å². The number of hydrogen-bond acceptors (Lipinski definition) is 3. The maximum Gasteiger partial charge on any atom is 0.160 e. The van der Waals surface area contributed by atoms with Crippen molar-refractivity contribution < 1.29 is 4.42 Å². The molecular weight excluding hydrogens is 721 g/mol. The molecule has 0 atom stereocenters. The average molecular weight is 753 g/mol. The Kier molecular flexibility index (Phi) is 6.66. The number of rotatable bonds is 4. The molecule has 13 rings (SSSR count). The normalized spacial score (nSPS) is 12.1. The summed E-state index contributed by atoms with van der Waals surface area (Å²) in [6.07, 6.45) is 0. The second-order valence-corrected chi connectivity index (χ2v) is 15.3. The molecule has 59 heavy (non-hydrogen) atoms. The van der Waals surface area contributed by atoms with Gasteiger partial charge in [-0.1, -0.05) is 140 Å². The summed E-state index contributed by atoms with van der Waals surface area (Å²) in [5.74, 6) is 0.669. The van der Waals surface area contributed by atoms with Crippen molar-refractivity contribution in [3.63, 3.8) is 0 Å². The van der Waals surface area contributed by atoms with Crippen LogP contribution in [0.3, 0.4) is 0 Å². The minimum atomic E-state index is 0.669. The van der Waals surface area contributed by atoms with Crippen molar-refractivity contribution in [1.82, 2.24) is 19.1 Å². The minimum absolute atomic E-state index is 0.669. The van der Waals surface area contributed by atoms with Crippen LogP contribution in [-0.2, 0) is 0 Å². The van der Waals surface area contributed by atoms with Crippen LogP contribution in [0.5, 0.6) is 0 Å². The molecule has 0 aliphatic carbocycles. The summed E-state index contributed by atoms with van der Waals surface area (Å²) >= 11 is 0. The number of aromatic nitrogens is 4. The second-order valence-electron chi connectivity index (χ2n) is 15.3. The van der Waals surface area contributed by atoms with Gasteiger partial charge in [-0.15, -0.1) is 0 Å². The Morgan fingerprint density at radius 1 is 0.390 bits per heavy atom. The van der Waals surface area contributed by atoms with Crippen LogP contribution in [-0.4, -0.2) is 19.1 Å². The lowest BCUT2D eigenvalue weighted by atomic mass is 10.00. The third-order valence-corrected chi connectivity index (χ3v) is 12.1. The Balaban J connectivity index is 1.08. The van der Waals surface area contributed by atoms with Gasteiger partial charge in [0.2, 0.25) is 0 Å².